The van der Waals surface area contributed by atoms with Crippen LogP contribution in [0.4, 0.5) is 0 Å². The Kier molecular flexibility index (Phi) is 6.98. The molecule has 2 amide bonds. The molecule has 2 unspecified atom stereocenters. The van der Waals surface area contributed by atoms with Gasteiger partial charge in [0.05, 0.1) is 23.9 Å². The fourth-order valence-electron chi connectivity index (χ4n) is 8.14. The van der Waals surface area contributed by atoms with Gasteiger partial charge in [-0.25, -0.2) is 15.0 Å². The summed E-state index contributed by atoms with van der Waals surface area (Å²) in [4.78, 5) is 45.0. The summed E-state index contributed by atoms with van der Waals surface area (Å²) < 4.78 is 10.5. The first kappa shape index (κ1) is 29.6. The lowest BCUT2D eigenvalue weighted by molar-refractivity contribution is 0.0471. The van der Waals surface area contributed by atoms with E-state index in [9.17, 15) is 9.59 Å². The van der Waals surface area contributed by atoms with Gasteiger partial charge in [0.15, 0.2) is 5.82 Å². The van der Waals surface area contributed by atoms with E-state index in [4.69, 9.17) is 32.0 Å². The van der Waals surface area contributed by atoms with Crippen molar-refractivity contribution in [1.29, 1.82) is 0 Å². The summed E-state index contributed by atoms with van der Waals surface area (Å²) in [6.07, 6.45) is 7.81. The van der Waals surface area contributed by atoms with Gasteiger partial charge in [-0.2, -0.15) is 0 Å². The maximum atomic E-state index is 13.9. The number of ether oxygens (including phenoxy) is 1. The molecule has 2 bridgehead atoms. The van der Waals surface area contributed by atoms with Gasteiger partial charge in [0.25, 0.3) is 11.8 Å². The number of aromatic nitrogens is 5. The van der Waals surface area contributed by atoms with Crippen molar-refractivity contribution in [2.24, 2.45) is 23.5 Å². The normalized spacial score (nSPS) is 22.2. The van der Waals surface area contributed by atoms with E-state index in [-0.39, 0.29) is 29.8 Å². The van der Waals surface area contributed by atoms with E-state index < -0.39 is 0 Å². The lowest BCUT2D eigenvalue weighted by Gasteiger charge is -2.39. The molecule has 3 atom stereocenters. The number of hydrogen-bond acceptors (Lipinski definition) is 7. The van der Waals surface area contributed by atoms with Crippen LogP contribution < -0.4 is 10.5 Å². The number of piperidine rings is 1. The Morgan fingerprint density at radius 1 is 0.938 bits per heavy atom. The molecule has 4 aromatic heterocycles. The standard InChI is InChI=1S/C36H37ClN8O3/c1-48-29-13-25(36(47)44-19-24-6-8-27(44)31(24)38)11-26-32(29)45(18-21-15-42(16-21)35(46)23-7-9-30(37)40-14-23)34(41-26)28-12-22-3-2-10-39-33(22)43(28)17-20-4-5-20/h2-3,7,9-14,20-21,24,27,31H,4-6,8,15-19,38H2,1H3/t24?,27?,31-/m1/s1. The number of carbonyl (C=O) groups is 2. The molecular formula is C36H37ClN8O3. The van der Waals surface area contributed by atoms with Crippen LogP contribution in [0.5, 0.6) is 5.75 Å². The third-order valence-corrected chi connectivity index (χ3v) is 11.1. The Bertz CT molecular complexity index is 2080. The van der Waals surface area contributed by atoms with Gasteiger partial charge in [-0.3, -0.25) is 9.59 Å². The van der Waals surface area contributed by atoms with Crippen molar-refractivity contribution in [2.75, 3.05) is 26.7 Å². The van der Waals surface area contributed by atoms with Crippen molar-refractivity contribution >= 4 is 45.5 Å². The number of nitrogens with zero attached hydrogens (tertiary/aromatic N) is 7. The highest BCUT2D eigenvalue weighted by Crippen LogP contribution is 2.41. The molecule has 2 saturated heterocycles. The van der Waals surface area contributed by atoms with E-state index in [1.54, 1.807) is 19.2 Å². The van der Waals surface area contributed by atoms with Crippen LogP contribution in [-0.2, 0) is 13.1 Å². The van der Waals surface area contributed by atoms with Gasteiger partial charge in [0.1, 0.15) is 22.1 Å². The SMILES string of the molecule is COc1cc(C(=O)N2CC3CCC2[C@@H]3N)cc2nc(-c3cc4cccnc4n3CC3CC3)n(CC3CN(C(=O)c4ccc(Cl)nc4)C3)c12. The van der Waals surface area contributed by atoms with Gasteiger partial charge >= 0.3 is 0 Å². The number of nitrogens with two attached hydrogens (primary N) is 1. The summed E-state index contributed by atoms with van der Waals surface area (Å²) in [6, 6.07) is 13.5. The van der Waals surface area contributed by atoms with E-state index in [0.29, 0.717) is 65.6 Å². The first-order valence-electron chi connectivity index (χ1n) is 16.9. The van der Waals surface area contributed by atoms with Crippen molar-refractivity contribution in [3.05, 3.63) is 71.1 Å². The Balaban J connectivity index is 1.11. The predicted octanol–water partition coefficient (Wildman–Crippen LogP) is 4.85. The summed E-state index contributed by atoms with van der Waals surface area (Å²) >= 11 is 5.95. The van der Waals surface area contributed by atoms with Crippen molar-refractivity contribution in [2.45, 2.75) is 50.9 Å². The number of carbonyl (C=O) groups excluding carboxylic acids is 2. The van der Waals surface area contributed by atoms with E-state index in [1.807, 2.05) is 34.2 Å². The first-order valence-corrected chi connectivity index (χ1v) is 17.2. The third kappa shape index (κ3) is 4.85. The summed E-state index contributed by atoms with van der Waals surface area (Å²) in [5, 5.41) is 1.42. The van der Waals surface area contributed by atoms with E-state index in [1.165, 1.54) is 19.0 Å². The zero-order valence-electron chi connectivity index (χ0n) is 26.8. The fourth-order valence-corrected chi connectivity index (χ4v) is 8.25. The van der Waals surface area contributed by atoms with Crippen molar-refractivity contribution in [3.63, 3.8) is 0 Å². The van der Waals surface area contributed by atoms with Gasteiger partial charge in [0.2, 0.25) is 0 Å². The van der Waals surface area contributed by atoms with Crippen LogP contribution >= 0.6 is 11.6 Å². The smallest absolute Gasteiger partial charge is 0.255 e. The third-order valence-electron chi connectivity index (χ3n) is 10.9. The number of benzene rings is 1. The number of methoxy groups -OCH3 is 1. The first-order chi connectivity index (χ1) is 23.4. The Hall–Kier alpha value is -4.48. The van der Waals surface area contributed by atoms with Crippen LogP contribution in [-0.4, -0.2) is 84.5 Å². The van der Waals surface area contributed by atoms with Crippen molar-refractivity contribution in [1.82, 2.24) is 33.9 Å². The molecule has 0 spiro atoms. The van der Waals surface area contributed by atoms with Gasteiger partial charge in [-0.05, 0) is 80.0 Å². The highest BCUT2D eigenvalue weighted by Gasteiger charge is 2.47. The zero-order chi connectivity index (χ0) is 32.7. The minimum atomic E-state index is -0.0576. The van der Waals surface area contributed by atoms with Crippen LogP contribution in [0, 0.1) is 17.8 Å². The van der Waals surface area contributed by atoms with E-state index >= 15 is 0 Å². The maximum absolute atomic E-state index is 13.9. The molecule has 1 aromatic carbocycles. The number of halogens is 1. The second-order valence-electron chi connectivity index (χ2n) is 14.0. The monoisotopic (exact) mass is 664 g/mol. The zero-order valence-corrected chi connectivity index (χ0v) is 27.5. The van der Waals surface area contributed by atoms with E-state index in [0.717, 1.165) is 47.5 Å². The molecule has 2 aliphatic carbocycles. The highest BCUT2D eigenvalue weighted by molar-refractivity contribution is 6.29. The topological polar surface area (TPSA) is 124 Å². The lowest BCUT2D eigenvalue weighted by atomic mass is 9.98. The van der Waals surface area contributed by atoms with Crippen LogP contribution in [0.1, 0.15) is 46.4 Å². The molecule has 0 radical (unpaired) electrons. The number of fused-ring (bicyclic) bond motifs is 4. The molecule has 5 aromatic rings. The molecule has 48 heavy (non-hydrogen) atoms. The molecule has 4 fully saturated rings. The molecule has 2 saturated carbocycles. The summed E-state index contributed by atoms with van der Waals surface area (Å²) in [6.45, 7) is 3.40. The Morgan fingerprint density at radius 3 is 2.48 bits per heavy atom. The average molecular weight is 665 g/mol. The second-order valence-corrected chi connectivity index (χ2v) is 14.4. The lowest BCUT2D eigenvalue weighted by Crippen LogP contribution is -2.51. The fraction of sp³-hybridized carbons (Fsp3) is 0.417. The van der Waals surface area contributed by atoms with Crippen molar-refractivity contribution in [3.8, 4) is 17.3 Å². The Morgan fingerprint density at radius 2 is 1.77 bits per heavy atom. The van der Waals surface area contributed by atoms with Crippen LogP contribution in [0.3, 0.4) is 0 Å². The van der Waals surface area contributed by atoms with Crippen LogP contribution in [0.15, 0.2) is 54.9 Å². The van der Waals surface area contributed by atoms with Gasteiger partial charge in [-0.1, -0.05) is 11.6 Å². The summed E-state index contributed by atoms with van der Waals surface area (Å²) in [5.74, 6) is 2.50. The van der Waals surface area contributed by atoms with Gasteiger partial charge in [0, 0.05) is 74.1 Å². The maximum Gasteiger partial charge on any atom is 0.255 e. The molecule has 6 heterocycles. The molecule has 9 rings (SSSR count). The molecule has 12 heteroatoms. The molecule has 11 nitrogen and oxygen atoms in total. The number of likely N-dealkylation sites (tertiary alicyclic amines) is 2. The second kappa shape index (κ2) is 11.3. The van der Waals surface area contributed by atoms with Gasteiger partial charge < -0.3 is 29.4 Å². The number of hydrogen-bond donors (Lipinski definition) is 1. The van der Waals surface area contributed by atoms with Crippen LogP contribution in [0.25, 0.3) is 33.6 Å². The predicted molar refractivity (Wildman–Crippen MR) is 182 cm³/mol. The number of pyridine rings is 2. The minimum Gasteiger partial charge on any atom is -0.494 e. The van der Waals surface area contributed by atoms with Gasteiger partial charge in [-0.15, -0.1) is 0 Å². The molecule has 2 N–H and O–H groups in total. The number of amides is 2. The molecule has 4 aliphatic rings. The minimum absolute atomic E-state index is 0.0224. The van der Waals surface area contributed by atoms with Crippen LogP contribution in [0.2, 0.25) is 5.15 Å². The summed E-state index contributed by atoms with van der Waals surface area (Å²) in [7, 11) is 1.64. The average Bonchev–Trinajstić information content (AvgIpc) is 3.44. The quantitative estimate of drug-likeness (QED) is 0.235. The van der Waals surface area contributed by atoms with E-state index in [2.05, 4.69) is 26.3 Å². The summed E-state index contributed by atoms with van der Waals surface area (Å²) in [5.41, 5.74) is 11.0. The van der Waals surface area contributed by atoms with Crippen molar-refractivity contribution < 1.29 is 14.3 Å². The molecular weight excluding hydrogens is 628 g/mol. The highest BCUT2D eigenvalue weighted by atomic mass is 35.5. The molecule has 2 aliphatic heterocycles. The largest absolute Gasteiger partial charge is 0.494 e. The number of rotatable bonds is 8. The number of imidazole rings is 1. The Labute approximate surface area is 282 Å². The molecule has 246 valence electrons.